The third-order valence-corrected chi connectivity index (χ3v) is 7.01. The molecule has 1 unspecified atom stereocenters. The van der Waals surface area contributed by atoms with Crippen LogP contribution in [0.15, 0.2) is 18.3 Å². The highest BCUT2D eigenvalue weighted by molar-refractivity contribution is 6.62. The molecule has 31 heavy (non-hydrogen) atoms. The van der Waals surface area contributed by atoms with Gasteiger partial charge in [-0.1, -0.05) is 6.07 Å². The Kier molecular flexibility index (Phi) is 5.53. The van der Waals surface area contributed by atoms with Crippen molar-refractivity contribution in [2.75, 3.05) is 4.90 Å². The van der Waals surface area contributed by atoms with E-state index in [2.05, 4.69) is 50.0 Å². The first-order chi connectivity index (χ1) is 14.3. The fourth-order valence-electron chi connectivity index (χ4n) is 4.81. The maximum Gasteiger partial charge on any atom is 0.496 e. The van der Waals surface area contributed by atoms with Crippen molar-refractivity contribution in [1.29, 1.82) is 0 Å². The summed E-state index contributed by atoms with van der Waals surface area (Å²) in [7, 11) is -0.396. The Labute approximate surface area is 186 Å². The predicted octanol–water partition coefficient (Wildman–Crippen LogP) is 3.41. The van der Waals surface area contributed by atoms with E-state index in [9.17, 15) is 4.79 Å². The first-order valence-electron chi connectivity index (χ1n) is 11.4. The lowest BCUT2D eigenvalue weighted by Gasteiger charge is -2.40. The molecule has 8 heteroatoms. The smallest absolute Gasteiger partial charge is 0.444 e. The molecule has 0 saturated carbocycles. The minimum absolute atomic E-state index is 0.146. The first kappa shape index (κ1) is 22.4. The van der Waals surface area contributed by atoms with Crippen molar-refractivity contribution in [3.63, 3.8) is 0 Å². The molecule has 4 rings (SSSR count). The zero-order valence-corrected chi connectivity index (χ0v) is 19.9. The number of nitrogens with zero attached hydrogens (tertiary/aromatic N) is 2. The Balaban J connectivity index is 1.40. The minimum Gasteiger partial charge on any atom is -0.444 e. The molecule has 3 saturated heterocycles. The predicted molar refractivity (Wildman–Crippen MR) is 122 cm³/mol. The average Bonchev–Trinajstić information content (AvgIpc) is 3.02. The quantitative estimate of drug-likeness (QED) is 0.743. The lowest BCUT2D eigenvalue weighted by atomic mass is 9.80. The molecule has 1 aromatic heterocycles. The van der Waals surface area contributed by atoms with Gasteiger partial charge in [-0.15, -0.1) is 0 Å². The summed E-state index contributed by atoms with van der Waals surface area (Å²) < 4.78 is 17.7. The van der Waals surface area contributed by atoms with Gasteiger partial charge in [0.2, 0.25) is 0 Å². The third-order valence-electron chi connectivity index (χ3n) is 7.01. The number of fused-ring (bicyclic) bond motifs is 2. The number of hydrogen-bond acceptors (Lipinski definition) is 6. The van der Waals surface area contributed by atoms with E-state index in [4.69, 9.17) is 19.0 Å². The van der Waals surface area contributed by atoms with Crippen molar-refractivity contribution in [3.05, 3.63) is 18.3 Å². The summed E-state index contributed by atoms with van der Waals surface area (Å²) >= 11 is 0. The van der Waals surface area contributed by atoms with Crippen molar-refractivity contribution in [2.45, 2.75) is 109 Å². The number of ether oxygens (including phenoxy) is 1. The molecule has 1 amide bonds. The monoisotopic (exact) mass is 429 g/mol. The van der Waals surface area contributed by atoms with Gasteiger partial charge in [0.15, 0.2) is 0 Å². The average molecular weight is 429 g/mol. The lowest BCUT2D eigenvalue weighted by Crippen LogP contribution is -2.51. The molecule has 2 bridgehead atoms. The van der Waals surface area contributed by atoms with Gasteiger partial charge < -0.3 is 24.3 Å². The van der Waals surface area contributed by atoms with E-state index in [1.54, 1.807) is 0 Å². The molecule has 4 heterocycles. The zero-order valence-electron chi connectivity index (χ0n) is 19.9. The number of hydrogen-bond donors (Lipinski definition) is 1. The number of alkyl carbamates (subject to hydrolysis) is 1. The van der Waals surface area contributed by atoms with Crippen LogP contribution in [-0.2, 0) is 14.0 Å². The summed E-state index contributed by atoms with van der Waals surface area (Å²) in [6.45, 7) is 13.9. The molecular formula is C23H36BN3O4. The van der Waals surface area contributed by atoms with Gasteiger partial charge in [0.05, 0.1) is 11.2 Å². The van der Waals surface area contributed by atoms with Gasteiger partial charge in [-0.3, -0.25) is 0 Å². The maximum absolute atomic E-state index is 12.2. The fourth-order valence-corrected chi connectivity index (χ4v) is 4.81. The minimum atomic E-state index is -0.480. The molecule has 3 aliphatic heterocycles. The van der Waals surface area contributed by atoms with Crippen LogP contribution >= 0.6 is 0 Å². The van der Waals surface area contributed by atoms with E-state index in [1.807, 2.05) is 27.0 Å². The Morgan fingerprint density at radius 1 is 1.13 bits per heavy atom. The topological polar surface area (TPSA) is 72.9 Å². The van der Waals surface area contributed by atoms with Crippen LogP contribution in [0.3, 0.4) is 0 Å². The van der Waals surface area contributed by atoms with Crippen molar-refractivity contribution >= 4 is 24.5 Å². The van der Waals surface area contributed by atoms with E-state index < -0.39 is 12.7 Å². The molecule has 170 valence electrons. The second kappa shape index (κ2) is 7.66. The zero-order chi connectivity index (χ0) is 22.6. The normalized spacial score (nSPS) is 29.2. The summed E-state index contributed by atoms with van der Waals surface area (Å²) in [4.78, 5) is 19.4. The van der Waals surface area contributed by atoms with E-state index in [-0.39, 0.29) is 23.3 Å². The van der Waals surface area contributed by atoms with Crippen LogP contribution in [0.25, 0.3) is 0 Å². The first-order valence-corrected chi connectivity index (χ1v) is 11.4. The highest BCUT2D eigenvalue weighted by atomic mass is 16.7. The van der Waals surface area contributed by atoms with Crippen LogP contribution in [0.4, 0.5) is 10.6 Å². The van der Waals surface area contributed by atoms with E-state index in [1.165, 1.54) is 0 Å². The lowest BCUT2D eigenvalue weighted by molar-refractivity contribution is 0.00578. The largest absolute Gasteiger partial charge is 0.496 e. The van der Waals surface area contributed by atoms with Crippen LogP contribution in [0.1, 0.15) is 74.1 Å². The third kappa shape index (κ3) is 4.56. The number of carbonyl (C=O) groups excluding carboxylic acids is 1. The highest BCUT2D eigenvalue weighted by Gasteiger charge is 2.52. The molecule has 1 aromatic rings. The van der Waals surface area contributed by atoms with Crippen molar-refractivity contribution in [1.82, 2.24) is 10.3 Å². The fraction of sp³-hybridized carbons (Fsp3) is 0.739. The van der Waals surface area contributed by atoms with Crippen molar-refractivity contribution in [2.24, 2.45) is 0 Å². The van der Waals surface area contributed by atoms with Gasteiger partial charge in [0.1, 0.15) is 11.4 Å². The van der Waals surface area contributed by atoms with Crippen LogP contribution in [0.5, 0.6) is 0 Å². The van der Waals surface area contributed by atoms with Gasteiger partial charge in [0.25, 0.3) is 0 Å². The molecule has 3 fully saturated rings. The number of aromatic nitrogens is 1. The summed E-state index contributed by atoms with van der Waals surface area (Å²) in [6.07, 6.45) is 5.62. The number of amides is 1. The number of rotatable bonds is 3. The van der Waals surface area contributed by atoms with Crippen LogP contribution < -0.4 is 15.7 Å². The molecule has 1 N–H and O–H groups in total. The van der Waals surface area contributed by atoms with Crippen LogP contribution in [0, 0.1) is 0 Å². The molecule has 0 aromatic carbocycles. The summed E-state index contributed by atoms with van der Waals surface area (Å²) in [5.74, 6) is 0.989. The van der Waals surface area contributed by atoms with Gasteiger partial charge >= 0.3 is 13.2 Å². The van der Waals surface area contributed by atoms with E-state index in [0.717, 1.165) is 37.0 Å². The Hall–Kier alpha value is -1.80. The van der Waals surface area contributed by atoms with E-state index in [0.29, 0.717) is 12.1 Å². The number of pyridine rings is 1. The highest BCUT2D eigenvalue weighted by Crippen LogP contribution is 2.39. The molecule has 0 radical (unpaired) electrons. The van der Waals surface area contributed by atoms with Gasteiger partial charge in [-0.25, -0.2) is 9.78 Å². The molecule has 3 aliphatic rings. The van der Waals surface area contributed by atoms with Crippen molar-refractivity contribution in [3.8, 4) is 0 Å². The summed E-state index contributed by atoms with van der Waals surface area (Å²) in [5.41, 5.74) is -0.264. The van der Waals surface area contributed by atoms with Crippen LogP contribution in [-0.4, -0.2) is 53.1 Å². The Bertz CT molecular complexity index is 791. The van der Waals surface area contributed by atoms with Gasteiger partial charge in [-0.2, -0.15) is 0 Å². The standard InChI is InChI=1S/C23H36BN3O4/c1-21(2,3)29-20(28)26-16-12-17-9-10-18(13-16)27(17)19-11-8-15(14-25-19)24-30-22(4,5)23(6,7)31-24/h8,11,14,16-18H,9-10,12-13H2,1-7H3,(H,26,28)/t16?,17-,18+. The van der Waals surface area contributed by atoms with Crippen molar-refractivity contribution < 1.29 is 18.8 Å². The van der Waals surface area contributed by atoms with Gasteiger partial charge in [0, 0.05) is 29.8 Å². The number of piperidine rings is 1. The van der Waals surface area contributed by atoms with Crippen LogP contribution in [0.2, 0.25) is 0 Å². The molecule has 3 atom stereocenters. The molecule has 7 nitrogen and oxygen atoms in total. The second-order valence-electron chi connectivity index (χ2n) is 11.1. The Morgan fingerprint density at radius 3 is 2.19 bits per heavy atom. The van der Waals surface area contributed by atoms with E-state index >= 15 is 0 Å². The summed E-state index contributed by atoms with van der Waals surface area (Å²) in [6, 6.07) is 5.05. The molecular weight excluding hydrogens is 393 g/mol. The second-order valence-corrected chi connectivity index (χ2v) is 11.1. The SMILES string of the molecule is CC(C)(C)OC(=O)NC1C[C@H]2CC[C@@H](C1)N2c1ccc(B2OC(C)(C)C(C)(C)O2)cn1. The molecule has 0 aliphatic carbocycles. The maximum atomic E-state index is 12.2. The Morgan fingerprint density at radius 2 is 1.71 bits per heavy atom. The number of anilines is 1. The number of carbonyl (C=O) groups is 1. The summed E-state index contributed by atoms with van der Waals surface area (Å²) in [5, 5.41) is 3.07. The molecule has 0 spiro atoms. The van der Waals surface area contributed by atoms with Gasteiger partial charge in [-0.05, 0) is 80.2 Å². The number of nitrogens with one attached hydrogen (secondary N) is 1.